The van der Waals surface area contributed by atoms with Crippen molar-refractivity contribution in [2.24, 2.45) is 10.8 Å². The highest BCUT2D eigenvalue weighted by molar-refractivity contribution is 6.07. The SMILES string of the molecule is CC1(C)CC(=O)C2=C(C1)NC1=C(C(=O)CC(C)(C)C1)C2c1cccc(C(=O)Nc2ccncc2)c1. The lowest BCUT2D eigenvalue weighted by atomic mass is 9.64. The van der Waals surface area contributed by atoms with Crippen LogP contribution in [0.1, 0.15) is 75.2 Å². The van der Waals surface area contributed by atoms with E-state index in [0.29, 0.717) is 35.2 Å². The first-order chi connectivity index (χ1) is 16.5. The summed E-state index contributed by atoms with van der Waals surface area (Å²) < 4.78 is 0. The van der Waals surface area contributed by atoms with Crippen LogP contribution in [0, 0.1) is 10.8 Å². The number of amides is 1. The zero-order valence-corrected chi connectivity index (χ0v) is 20.7. The van der Waals surface area contributed by atoms with Crippen molar-refractivity contribution in [3.63, 3.8) is 0 Å². The number of ketones is 2. The molecule has 2 aliphatic carbocycles. The molecule has 6 heteroatoms. The minimum atomic E-state index is -0.456. The van der Waals surface area contributed by atoms with Gasteiger partial charge in [-0.15, -0.1) is 0 Å². The minimum absolute atomic E-state index is 0.0737. The molecule has 0 bridgehead atoms. The van der Waals surface area contributed by atoms with E-state index >= 15 is 0 Å². The van der Waals surface area contributed by atoms with Crippen LogP contribution in [-0.4, -0.2) is 22.5 Å². The topological polar surface area (TPSA) is 88.2 Å². The van der Waals surface area contributed by atoms with E-state index in [2.05, 4.69) is 43.3 Å². The second kappa shape index (κ2) is 8.29. The van der Waals surface area contributed by atoms with E-state index in [-0.39, 0.29) is 28.3 Å². The average Bonchev–Trinajstić information content (AvgIpc) is 2.76. The van der Waals surface area contributed by atoms with Crippen LogP contribution in [-0.2, 0) is 9.59 Å². The van der Waals surface area contributed by atoms with E-state index in [9.17, 15) is 14.4 Å². The standard InChI is InChI=1S/C29H31N3O3/c1-28(2)13-20-25(22(33)15-28)24(26-21(32-20)14-29(3,4)16-23(26)34)17-6-5-7-18(12-17)27(35)31-19-8-10-30-11-9-19/h5-12,24,32H,13-16H2,1-4H3,(H,30,31,35). The maximum Gasteiger partial charge on any atom is 0.255 e. The number of nitrogens with zero attached hydrogens (tertiary/aromatic N) is 1. The lowest BCUT2D eigenvalue weighted by Crippen LogP contribution is -2.42. The number of benzene rings is 1. The van der Waals surface area contributed by atoms with Crippen LogP contribution in [0.4, 0.5) is 5.69 Å². The summed E-state index contributed by atoms with van der Waals surface area (Å²) in [6.07, 6.45) is 5.62. The Morgan fingerprint density at radius 1 is 0.886 bits per heavy atom. The highest BCUT2D eigenvalue weighted by Crippen LogP contribution is 2.51. The molecule has 0 radical (unpaired) electrons. The maximum atomic E-state index is 13.5. The smallest absolute Gasteiger partial charge is 0.255 e. The highest BCUT2D eigenvalue weighted by Gasteiger charge is 2.46. The van der Waals surface area contributed by atoms with E-state index in [4.69, 9.17) is 0 Å². The fraction of sp³-hybridized carbons (Fsp3) is 0.379. The van der Waals surface area contributed by atoms with Crippen molar-refractivity contribution in [3.8, 4) is 0 Å². The molecule has 0 saturated heterocycles. The number of carbonyl (C=O) groups excluding carboxylic acids is 3. The molecular formula is C29H31N3O3. The number of hydrogen-bond acceptors (Lipinski definition) is 5. The van der Waals surface area contributed by atoms with Crippen molar-refractivity contribution in [1.82, 2.24) is 10.3 Å². The summed E-state index contributed by atoms with van der Waals surface area (Å²) in [5.74, 6) is -0.557. The fourth-order valence-corrected chi connectivity index (χ4v) is 5.72. The Hall–Kier alpha value is -3.54. The predicted octanol–water partition coefficient (Wildman–Crippen LogP) is 5.31. The summed E-state index contributed by atoms with van der Waals surface area (Å²) in [5, 5.41) is 6.42. The van der Waals surface area contributed by atoms with Crippen LogP contribution < -0.4 is 10.6 Å². The molecule has 180 valence electrons. The molecule has 0 unspecified atom stereocenters. The molecule has 0 spiro atoms. The Balaban J connectivity index is 1.59. The quantitative estimate of drug-likeness (QED) is 0.636. The Bertz CT molecular complexity index is 1250. The second-order valence-electron chi connectivity index (χ2n) is 11.5. The predicted molar refractivity (Wildman–Crippen MR) is 135 cm³/mol. The van der Waals surface area contributed by atoms with Crippen LogP contribution in [0.2, 0.25) is 0 Å². The molecule has 2 N–H and O–H groups in total. The van der Waals surface area contributed by atoms with E-state index in [1.807, 2.05) is 18.2 Å². The number of nitrogens with one attached hydrogen (secondary N) is 2. The molecule has 35 heavy (non-hydrogen) atoms. The number of hydrogen-bond donors (Lipinski definition) is 2. The third kappa shape index (κ3) is 4.45. The average molecular weight is 470 g/mol. The van der Waals surface area contributed by atoms with Gasteiger partial charge in [-0.05, 0) is 53.5 Å². The minimum Gasteiger partial charge on any atom is -0.362 e. The monoisotopic (exact) mass is 469 g/mol. The van der Waals surface area contributed by atoms with Gasteiger partial charge in [-0.25, -0.2) is 0 Å². The first kappa shape index (κ1) is 23.2. The third-order valence-corrected chi connectivity index (χ3v) is 7.14. The zero-order valence-electron chi connectivity index (χ0n) is 20.7. The number of allylic oxidation sites excluding steroid dienone is 4. The normalized spacial score (nSPS) is 21.3. The summed E-state index contributed by atoms with van der Waals surface area (Å²) in [4.78, 5) is 44.0. The molecule has 2 heterocycles. The third-order valence-electron chi connectivity index (χ3n) is 7.14. The molecule has 1 aromatic carbocycles. The van der Waals surface area contributed by atoms with Crippen molar-refractivity contribution >= 4 is 23.2 Å². The lowest BCUT2D eigenvalue weighted by molar-refractivity contribution is -0.119. The Kier molecular flexibility index (Phi) is 5.50. The molecule has 0 fully saturated rings. The first-order valence-corrected chi connectivity index (χ1v) is 12.1. The summed E-state index contributed by atoms with van der Waals surface area (Å²) in [6, 6.07) is 10.8. The number of rotatable bonds is 3. The molecular weight excluding hydrogens is 438 g/mol. The van der Waals surface area contributed by atoms with Crippen LogP contribution in [0.3, 0.4) is 0 Å². The van der Waals surface area contributed by atoms with Crippen molar-refractivity contribution in [2.75, 3.05) is 5.32 Å². The van der Waals surface area contributed by atoms with Crippen molar-refractivity contribution in [2.45, 2.75) is 59.3 Å². The van der Waals surface area contributed by atoms with E-state index < -0.39 is 5.92 Å². The molecule has 0 saturated carbocycles. The van der Waals surface area contributed by atoms with Gasteiger partial charge in [-0.3, -0.25) is 19.4 Å². The van der Waals surface area contributed by atoms with Crippen LogP contribution in [0.5, 0.6) is 0 Å². The van der Waals surface area contributed by atoms with Crippen molar-refractivity contribution < 1.29 is 14.4 Å². The molecule has 2 aromatic rings. The maximum absolute atomic E-state index is 13.5. The highest BCUT2D eigenvalue weighted by atomic mass is 16.2. The number of pyridine rings is 1. The number of anilines is 1. The second-order valence-corrected chi connectivity index (χ2v) is 11.5. The van der Waals surface area contributed by atoms with E-state index in [1.54, 1.807) is 30.6 Å². The van der Waals surface area contributed by atoms with E-state index in [0.717, 1.165) is 29.8 Å². The van der Waals surface area contributed by atoms with Gasteiger partial charge in [0.05, 0.1) is 0 Å². The largest absolute Gasteiger partial charge is 0.362 e. The fourth-order valence-electron chi connectivity index (χ4n) is 5.72. The Morgan fingerprint density at radius 2 is 1.46 bits per heavy atom. The van der Waals surface area contributed by atoms with Gasteiger partial charge in [0.1, 0.15) is 0 Å². The molecule has 5 rings (SSSR count). The van der Waals surface area contributed by atoms with Gasteiger partial charge in [0.15, 0.2) is 11.6 Å². The van der Waals surface area contributed by atoms with Gasteiger partial charge in [0.2, 0.25) is 0 Å². The lowest BCUT2D eigenvalue weighted by Gasteiger charge is -2.44. The summed E-state index contributed by atoms with van der Waals surface area (Å²) in [7, 11) is 0. The molecule has 1 aromatic heterocycles. The number of dihydropyridines is 1. The van der Waals surface area contributed by atoms with Crippen molar-refractivity contribution in [1.29, 1.82) is 0 Å². The van der Waals surface area contributed by atoms with Gasteiger partial charge in [-0.2, -0.15) is 0 Å². The summed E-state index contributed by atoms with van der Waals surface area (Å²) in [6.45, 7) is 8.43. The van der Waals surface area contributed by atoms with Crippen LogP contribution >= 0.6 is 0 Å². The zero-order chi connectivity index (χ0) is 25.0. The molecule has 6 nitrogen and oxygen atoms in total. The van der Waals surface area contributed by atoms with Crippen molar-refractivity contribution in [3.05, 3.63) is 82.5 Å². The molecule has 1 aliphatic heterocycles. The van der Waals surface area contributed by atoms with Gasteiger partial charge in [0.25, 0.3) is 5.91 Å². The summed E-state index contributed by atoms with van der Waals surface area (Å²) in [5.41, 5.74) is 4.86. The molecule has 0 atom stereocenters. The Morgan fingerprint density at radius 3 is 2.03 bits per heavy atom. The summed E-state index contributed by atoms with van der Waals surface area (Å²) >= 11 is 0. The molecule has 1 amide bonds. The first-order valence-electron chi connectivity index (χ1n) is 12.1. The number of aromatic nitrogens is 1. The van der Waals surface area contributed by atoms with E-state index in [1.165, 1.54) is 0 Å². The van der Waals surface area contributed by atoms with Gasteiger partial charge >= 0.3 is 0 Å². The Labute approximate surface area is 205 Å². The molecule has 3 aliphatic rings. The van der Waals surface area contributed by atoms with Crippen LogP contribution in [0.15, 0.2) is 71.3 Å². The van der Waals surface area contributed by atoms with Crippen LogP contribution in [0.25, 0.3) is 0 Å². The number of carbonyl (C=O) groups is 3. The van der Waals surface area contributed by atoms with Gasteiger partial charge in [0, 0.05) is 64.9 Å². The number of Topliss-reactive ketones (excluding diaryl/α,β-unsaturated/α-hetero) is 2. The van der Waals surface area contributed by atoms with Gasteiger partial charge < -0.3 is 10.6 Å². The van der Waals surface area contributed by atoms with Gasteiger partial charge in [-0.1, -0.05) is 39.8 Å².